The number of carbonyl (C=O) groups is 1. The Hall–Kier alpha value is -1.49. The van der Waals surface area contributed by atoms with Crippen LogP contribution in [0.2, 0.25) is 0 Å². The molecule has 0 amide bonds. The van der Waals surface area contributed by atoms with Gasteiger partial charge in [-0.3, -0.25) is 14.8 Å². The summed E-state index contributed by atoms with van der Waals surface area (Å²) >= 11 is 0. The minimum absolute atomic E-state index is 0.217. The zero-order valence-electron chi connectivity index (χ0n) is 7.27. The fourth-order valence-corrected chi connectivity index (χ4v) is 0.932. The van der Waals surface area contributed by atoms with Crippen LogP contribution in [0.5, 0.6) is 0 Å². The van der Waals surface area contributed by atoms with Crippen molar-refractivity contribution in [2.75, 3.05) is 0 Å². The molecule has 1 aromatic rings. The van der Waals surface area contributed by atoms with Crippen LogP contribution in [0, 0.1) is 6.92 Å². The molecule has 3 N–H and O–H groups in total. The van der Waals surface area contributed by atoms with Gasteiger partial charge < -0.3 is 10.8 Å². The van der Waals surface area contributed by atoms with E-state index in [1.807, 2.05) is 0 Å². The molecule has 70 valence electrons. The lowest BCUT2D eigenvalue weighted by Gasteiger charge is -2.06. The van der Waals surface area contributed by atoms with Gasteiger partial charge in [0.2, 0.25) is 0 Å². The second-order valence-electron chi connectivity index (χ2n) is 2.74. The van der Waals surface area contributed by atoms with Gasteiger partial charge in [-0.1, -0.05) is 0 Å². The van der Waals surface area contributed by atoms with E-state index in [-0.39, 0.29) is 6.42 Å². The number of hydrogen-bond donors (Lipinski definition) is 2. The number of nitrogens with zero attached hydrogens (tertiary/aromatic N) is 2. The minimum Gasteiger partial charge on any atom is -0.480 e. The number of carboxylic acid groups (broad SMARTS) is 1. The van der Waals surface area contributed by atoms with Crippen LogP contribution in [0.15, 0.2) is 12.4 Å². The number of nitrogens with two attached hydrogens (primary N) is 1. The molecule has 1 rings (SSSR count). The van der Waals surface area contributed by atoms with Gasteiger partial charge in [0, 0.05) is 18.8 Å². The monoisotopic (exact) mass is 181 g/mol. The van der Waals surface area contributed by atoms with Crippen molar-refractivity contribution >= 4 is 5.97 Å². The molecule has 13 heavy (non-hydrogen) atoms. The molecule has 1 atom stereocenters. The summed E-state index contributed by atoms with van der Waals surface area (Å²) in [5.74, 6) is -1.02. The van der Waals surface area contributed by atoms with Crippen molar-refractivity contribution < 1.29 is 9.90 Å². The van der Waals surface area contributed by atoms with Crippen molar-refractivity contribution in [3.05, 3.63) is 23.8 Å². The zero-order chi connectivity index (χ0) is 9.84. The van der Waals surface area contributed by atoms with E-state index in [1.165, 1.54) is 6.20 Å². The van der Waals surface area contributed by atoms with E-state index in [4.69, 9.17) is 10.8 Å². The highest BCUT2D eigenvalue weighted by Crippen LogP contribution is 2.02. The van der Waals surface area contributed by atoms with E-state index in [2.05, 4.69) is 9.97 Å². The Bertz CT molecular complexity index is 314. The lowest BCUT2D eigenvalue weighted by Crippen LogP contribution is -2.32. The van der Waals surface area contributed by atoms with Crippen molar-refractivity contribution in [3.8, 4) is 0 Å². The number of rotatable bonds is 3. The number of aromatic nitrogens is 2. The lowest BCUT2D eigenvalue weighted by molar-refractivity contribution is -0.138. The molecule has 5 heteroatoms. The Morgan fingerprint density at radius 1 is 1.62 bits per heavy atom. The fraction of sp³-hybridized carbons (Fsp3) is 0.375. The SMILES string of the molecule is Cc1nccnc1C[C@H](N)C(=O)O. The lowest BCUT2D eigenvalue weighted by atomic mass is 10.1. The number of aryl methyl sites for hydroxylation is 1. The summed E-state index contributed by atoms with van der Waals surface area (Å²) in [6, 6.07) is -0.907. The third-order valence-electron chi connectivity index (χ3n) is 1.71. The summed E-state index contributed by atoms with van der Waals surface area (Å²) < 4.78 is 0. The average Bonchev–Trinajstić information content (AvgIpc) is 2.08. The predicted molar refractivity (Wildman–Crippen MR) is 46.1 cm³/mol. The van der Waals surface area contributed by atoms with Gasteiger partial charge in [-0.25, -0.2) is 0 Å². The molecular weight excluding hydrogens is 170 g/mol. The first-order valence-electron chi connectivity index (χ1n) is 3.86. The smallest absolute Gasteiger partial charge is 0.320 e. The van der Waals surface area contributed by atoms with Gasteiger partial charge in [0.05, 0.1) is 11.4 Å². The van der Waals surface area contributed by atoms with Gasteiger partial charge in [-0.15, -0.1) is 0 Å². The molecule has 0 saturated carbocycles. The molecule has 0 aliphatic rings. The van der Waals surface area contributed by atoms with Crippen LogP contribution < -0.4 is 5.73 Å². The van der Waals surface area contributed by atoms with Gasteiger partial charge >= 0.3 is 5.97 Å². The molecule has 0 aromatic carbocycles. The number of carboxylic acids is 1. The van der Waals surface area contributed by atoms with Crippen molar-refractivity contribution in [2.24, 2.45) is 5.73 Å². The van der Waals surface area contributed by atoms with E-state index in [0.717, 1.165) is 5.69 Å². The Morgan fingerprint density at radius 2 is 2.23 bits per heavy atom. The summed E-state index contributed by atoms with van der Waals surface area (Å²) in [5.41, 5.74) is 6.71. The summed E-state index contributed by atoms with van der Waals surface area (Å²) in [6.45, 7) is 1.77. The second kappa shape index (κ2) is 3.95. The molecule has 0 aliphatic carbocycles. The summed E-state index contributed by atoms with van der Waals surface area (Å²) in [7, 11) is 0. The van der Waals surface area contributed by atoms with Crippen LogP contribution >= 0.6 is 0 Å². The molecule has 0 bridgehead atoms. The Balaban J connectivity index is 2.74. The minimum atomic E-state index is -1.02. The maximum absolute atomic E-state index is 10.4. The molecule has 0 saturated heterocycles. The van der Waals surface area contributed by atoms with Gasteiger partial charge in [0.25, 0.3) is 0 Å². The quantitative estimate of drug-likeness (QED) is 0.670. The first-order chi connectivity index (χ1) is 6.11. The fourth-order valence-electron chi connectivity index (χ4n) is 0.932. The molecule has 0 aliphatic heterocycles. The molecule has 1 aromatic heterocycles. The maximum Gasteiger partial charge on any atom is 0.320 e. The zero-order valence-corrected chi connectivity index (χ0v) is 7.27. The average molecular weight is 181 g/mol. The summed E-state index contributed by atoms with van der Waals surface area (Å²) in [4.78, 5) is 18.4. The standard InChI is InChI=1S/C8H11N3O2/c1-5-7(11-3-2-10-5)4-6(9)8(12)13/h2-3,6H,4,9H2,1H3,(H,12,13)/t6-/m0/s1. The van der Waals surface area contributed by atoms with E-state index in [1.54, 1.807) is 13.1 Å². The molecule has 0 spiro atoms. The first kappa shape index (κ1) is 9.60. The van der Waals surface area contributed by atoms with Crippen molar-refractivity contribution in [1.29, 1.82) is 0 Å². The normalized spacial score (nSPS) is 12.5. The molecular formula is C8H11N3O2. The molecule has 0 radical (unpaired) electrons. The molecule has 5 nitrogen and oxygen atoms in total. The molecule has 0 fully saturated rings. The second-order valence-corrected chi connectivity index (χ2v) is 2.74. The number of aliphatic carboxylic acids is 1. The van der Waals surface area contributed by atoms with Crippen molar-refractivity contribution in [1.82, 2.24) is 9.97 Å². The van der Waals surface area contributed by atoms with E-state index >= 15 is 0 Å². The predicted octanol–water partition coefficient (Wildman–Crippen LogP) is -0.261. The van der Waals surface area contributed by atoms with Gasteiger partial charge in [0.15, 0.2) is 0 Å². The van der Waals surface area contributed by atoms with Gasteiger partial charge in [-0.2, -0.15) is 0 Å². The number of hydrogen-bond acceptors (Lipinski definition) is 4. The third-order valence-corrected chi connectivity index (χ3v) is 1.71. The highest BCUT2D eigenvalue weighted by Gasteiger charge is 2.14. The van der Waals surface area contributed by atoms with Gasteiger partial charge in [0.1, 0.15) is 6.04 Å². The largest absolute Gasteiger partial charge is 0.480 e. The Labute approximate surface area is 75.6 Å². The Kier molecular flexibility index (Phi) is 2.92. The summed E-state index contributed by atoms with van der Waals surface area (Å²) in [6.07, 6.45) is 3.30. The Morgan fingerprint density at radius 3 is 2.77 bits per heavy atom. The first-order valence-corrected chi connectivity index (χ1v) is 3.86. The van der Waals surface area contributed by atoms with Gasteiger partial charge in [-0.05, 0) is 6.92 Å². The van der Waals surface area contributed by atoms with Crippen LogP contribution in [0.4, 0.5) is 0 Å². The van der Waals surface area contributed by atoms with Crippen LogP contribution in [0.3, 0.4) is 0 Å². The van der Waals surface area contributed by atoms with Crippen molar-refractivity contribution in [2.45, 2.75) is 19.4 Å². The van der Waals surface area contributed by atoms with Crippen LogP contribution in [0.1, 0.15) is 11.4 Å². The van der Waals surface area contributed by atoms with Crippen LogP contribution in [-0.2, 0) is 11.2 Å². The van der Waals surface area contributed by atoms with E-state index in [9.17, 15) is 4.79 Å². The van der Waals surface area contributed by atoms with E-state index < -0.39 is 12.0 Å². The highest BCUT2D eigenvalue weighted by molar-refractivity contribution is 5.73. The molecule has 0 unspecified atom stereocenters. The topological polar surface area (TPSA) is 89.1 Å². The van der Waals surface area contributed by atoms with Crippen molar-refractivity contribution in [3.63, 3.8) is 0 Å². The molecule has 1 heterocycles. The van der Waals surface area contributed by atoms with Crippen LogP contribution in [0.25, 0.3) is 0 Å². The summed E-state index contributed by atoms with van der Waals surface area (Å²) in [5, 5.41) is 8.56. The third kappa shape index (κ3) is 2.48. The van der Waals surface area contributed by atoms with E-state index in [0.29, 0.717) is 5.69 Å². The highest BCUT2D eigenvalue weighted by atomic mass is 16.4. The van der Waals surface area contributed by atoms with Crippen LogP contribution in [-0.4, -0.2) is 27.1 Å². The maximum atomic E-state index is 10.4.